The van der Waals surface area contributed by atoms with E-state index in [0.717, 1.165) is 82.7 Å². The Morgan fingerprint density at radius 2 is 1.86 bits per heavy atom. The number of benzene rings is 1. The van der Waals surface area contributed by atoms with Crippen molar-refractivity contribution < 1.29 is 14.2 Å². The third kappa shape index (κ3) is 8.92. The van der Waals surface area contributed by atoms with E-state index in [-0.39, 0.29) is 0 Å². The number of aryl methyl sites for hydroxylation is 1. The first-order valence-corrected chi connectivity index (χ1v) is 10.8. The van der Waals surface area contributed by atoms with Crippen molar-refractivity contribution in [2.75, 3.05) is 66.7 Å². The molecular weight excluding hydrogens is 368 g/mol. The van der Waals surface area contributed by atoms with Gasteiger partial charge in [0.15, 0.2) is 17.5 Å². The van der Waals surface area contributed by atoms with Gasteiger partial charge in [0.25, 0.3) is 0 Å². The van der Waals surface area contributed by atoms with Crippen LogP contribution in [0.1, 0.15) is 31.7 Å². The standard InChI is InChI=1S/C22H38N4O3/c1-4-29-21-18-19(9-10-20(21)27-3)8-7-12-25-22(23-2)24-11-5-6-13-26-14-16-28-17-15-26/h9-10,18H,4-8,11-17H2,1-3H3,(H2,23,24,25). The molecular formula is C22H38N4O3. The molecule has 1 aromatic carbocycles. The van der Waals surface area contributed by atoms with Gasteiger partial charge in [-0.05, 0) is 56.8 Å². The molecule has 0 unspecified atom stereocenters. The highest BCUT2D eigenvalue weighted by molar-refractivity contribution is 5.79. The van der Waals surface area contributed by atoms with Crippen LogP contribution < -0.4 is 20.1 Å². The molecule has 0 aliphatic carbocycles. The fraction of sp³-hybridized carbons (Fsp3) is 0.682. The molecule has 1 aliphatic rings. The maximum Gasteiger partial charge on any atom is 0.190 e. The summed E-state index contributed by atoms with van der Waals surface area (Å²) in [5.74, 6) is 2.48. The Hall–Kier alpha value is -1.99. The number of guanidine groups is 1. The summed E-state index contributed by atoms with van der Waals surface area (Å²) in [6, 6.07) is 6.15. The minimum atomic E-state index is 0.635. The molecule has 1 aromatic rings. The van der Waals surface area contributed by atoms with Crippen molar-refractivity contribution in [3.8, 4) is 11.5 Å². The molecule has 7 nitrogen and oxygen atoms in total. The Morgan fingerprint density at radius 3 is 2.55 bits per heavy atom. The smallest absolute Gasteiger partial charge is 0.190 e. The molecule has 2 rings (SSSR count). The second-order valence-corrected chi connectivity index (χ2v) is 7.11. The van der Waals surface area contributed by atoms with Crippen molar-refractivity contribution in [2.45, 2.75) is 32.6 Å². The van der Waals surface area contributed by atoms with Crippen LogP contribution in [0.5, 0.6) is 11.5 Å². The highest BCUT2D eigenvalue weighted by Gasteiger charge is 2.09. The predicted molar refractivity (Wildman–Crippen MR) is 118 cm³/mol. The van der Waals surface area contributed by atoms with E-state index in [4.69, 9.17) is 14.2 Å². The Labute approximate surface area is 175 Å². The van der Waals surface area contributed by atoms with Gasteiger partial charge in [0, 0.05) is 33.2 Å². The fourth-order valence-corrected chi connectivity index (χ4v) is 3.36. The van der Waals surface area contributed by atoms with E-state index >= 15 is 0 Å². The van der Waals surface area contributed by atoms with Crippen LogP contribution >= 0.6 is 0 Å². The maximum atomic E-state index is 5.65. The van der Waals surface area contributed by atoms with Gasteiger partial charge in [-0.1, -0.05) is 6.07 Å². The number of rotatable bonds is 12. The van der Waals surface area contributed by atoms with Gasteiger partial charge in [-0.25, -0.2) is 0 Å². The molecule has 0 amide bonds. The molecule has 0 bridgehead atoms. The number of methoxy groups -OCH3 is 1. The summed E-state index contributed by atoms with van der Waals surface area (Å²) in [5, 5.41) is 6.80. The van der Waals surface area contributed by atoms with Crippen LogP contribution in [-0.2, 0) is 11.2 Å². The van der Waals surface area contributed by atoms with Gasteiger partial charge in [0.1, 0.15) is 0 Å². The first-order valence-electron chi connectivity index (χ1n) is 10.8. The summed E-state index contributed by atoms with van der Waals surface area (Å²) in [4.78, 5) is 6.79. The van der Waals surface area contributed by atoms with E-state index < -0.39 is 0 Å². The van der Waals surface area contributed by atoms with E-state index in [2.05, 4.69) is 32.7 Å². The van der Waals surface area contributed by atoms with Crippen molar-refractivity contribution in [2.24, 2.45) is 4.99 Å². The fourth-order valence-electron chi connectivity index (χ4n) is 3.36. The topological polar surface area (TPSA) is 67.4 Å². The van der Waals surface area contributed by atoms with Crippen LogP contribution in [-0.4, -0.2) is 77.6 Å². The molecule has 0 saturated carbocycles. The summed E-state index contributed by atoms with van der Waals surface area (Å²) >= 11 is 0. The van der Waals surface area contributed by atoms with E-state index in [1.807, 2.05) is 20.0 Å². The summed E-state index contributed by atoms with van der Waals surface area (Å²) in [6.07, 6.45) is 4.34. The van der Waals surface area contributed by atoms with Crippen molar-refractivity contribution in [3.05, 3.63) is 23.8 Å². The van der Waals surface area contributed by atoms with Gasteiger partial charge in [-0.3, -0.25) is 9.89 Å². The third-order valence-corrected chi connectivity index (χ3v) is 4.98. The molecule has 0 spiro atoms. The van der Waals surface area contributed by atoms with Gasteiger partial charge in [-0.15, -0.1) is 0 Å². The number of unbranched alkanes of at least 4 members (excludes halogenated alkanes) is 1. The van der Waals surface area contributed by atoms with Crippen molar-refractivity contribution in [1.82, 2.24) is 15.5 Å². The summed E-state index contributed by atoms with van der Waals surface area (Å²) in [5.41, 5.74) is 1.25. The van der Waals surface area contributed by atoms with Crippen LogP contribution in [0.25, 0.3) is 0 Å². The molecule has 7 heteroatoms. The second kappa shape index (κ2) is 14.1. The number of hydrogen-bond donors (Lipinski definition) is 2. The number of nitrogens with zero attached hydrogens (tertiary/aromatic N) is 2. The van der Waals surface area contributed by atoms with Gasteiger partial charge in [0.2, 0.25) is 0 Å². The zero-order valence-electron chi connectivity index (χ0n) is 18.3. The molecule has 0 radical (unpaired) electrons. The molecule has 1 aliphatic heterocycles. The van der Waals surface area contributed by atoms with Gasteiger partial charge < -0.3 is 24.8 Å². The van der Waals surface area contributed by atoms with E-state index in [1.54, 1.807) is 7.11 Å². The molecule has 2 N–H and O–H groups in total. The number of aliphatic imine (C=N–C) groups is 1. The number of morpholine rings is 1. The van der Waals surface area contributed by atoms with Crippen LogP contribution in [0.2, 0.25) is 0 Å². The number of nitrogens with one attached hydrogen (secondary N) is 2. The molecule has 1 fully saturated rings. The molecule has 0 aromatic heterocycles. The van der Waals surface area contributed by atoms with E-state index in [1.165, 1.54) is 12.0 Å². The Morgan fingerprint density at radius 1 is 1.10 bits per heavy atom. The minimum absolute atomic E-state index is 0.635. The largest absolute Gasteiger partial charge is 0.493 e. The lowest BCUT2D eigenvalue weighted by Gasteiger charge is -2.26. The average molecular weight is 407 g/mol. The van der Waals surface area contributed by atoms with Crippen molar-refractivity contribution >= 4 is 5.96 Å². The molecule has 1 saturated heterocycles. The van der Waals surface area contributed by atoms with Crippen LogP contribution in [0.3, 0.4) is 0 Å². The van der Waals surface area contributed by atoms with Gasteiger partial charge in [0.05, 0.1) is 26.9 Å². The van der Waals surface area contributed by atoms with Crippen molar-refractivity contribution in [1.29, 1.82) is 0 Å². The summed E-state index contributed by atoms with van der Waals surface area (Å²) in [7, 11) is 3.49. The Bertz CT molecular complexity index is 604. The lowest BCUT2D eigenvalue weighted by Crippen LogP contribution is -2.39. The van der Waals surface area contributed by atoms with E-state index in [0.29, 0.717) is 6.61 Å². The quantitative estimate of drug-likeness (QED) is 0.315. The normalized spacial score (nSPS) is 15.2. The Balaban J connectivity index is 1.58. The molecule has 164 valence electrons. The van der Waals surface area contributed by atoms with Crippen LogP contribution in [0.15, 0.2) is 23.2 Å². The highest BCUT2D eigenvalue weighted by atomic mass is 16.5. The first kappa shape index (κ1) is 23.3. The second-order valence-electron chi connectivity index (χ2n) is 7.11. The number of hydrogen-bond acceptors (Lipinski definition) is 5. The Kier molecular flexibility index (Phi) is 11.3. The van der Waals surface area contributed by atoms with Crippen molar-refractivity contribution in [3.63, 3.8) is 0 Å². The van der Waals surface area contributed by atoms with Gasteiger partial charge >= 0.3 is 0 Å². The van der Waals surface area contributed by atoms with Crippen LogP contribution in [0, 0.1) is 0 Å². The van der Waals surface area contributed by atoms with E-state index in [9.17, 15) is 0 Å². The summed E-state index contributed by atoms with van der Waals surface area (Å²) < 4.78 is 16.4. The number of ether oxygens (including phenoxy) is 3. The zero-order valence-corrected chi connectivity index (χ0v) is 18.3. The lowest BCUT2D eigenvalue weighted by molar-refractivity contribution is 0.0372. The average Bonchev–Trinajstić information content (AvgIpc) is 2.76. The van der Waals surface area contributed by atoms with Crippen LogP contribution in [0.4, 0.5) is 0 Å². The minimum Gasteiger partial charge on any atom is -0.493 e. The molecule has 1 heterocycles. The lowest BCUT2D eigenvalue weighted by atomic mass is 10.1. The highest BCUT2D eigenvalue weighted by Crippen LogP contribution is 2.28. The third-order valence-electron chi connectivity index (χ3n) is 4.98. The zero-order chi connectivity index (χ0) is 20.7. The first-order chi connectivity index (χ1) is 14.3. The van der Waals surface area contributed by atoms with Gasteiger partial charge in [-0.2, -0.15) is 0 Å². The summed E-state index contributed by atoms with van der Waals surface area (Å²) in [6.45, 7) is 9.48. The predicted octanol–water partition coefficient (Wildman–Crippen LogP) is 2.30. The molecule has 29 heavy (non-hydrogen) atoms. The monoisotopic (exact) mass is 406 g/mol. The maximum absolute atomic E-state index is 5.65. The SMILES string of the molecule is CCOc1cc(CCCNC(=NC)NCCCCN2CCOCC2)ccc1OC. The molecule has 0 atom stereocenters.